The van der Waals surface area contributed by atoms with E-state index in [2.05, 4.69) is 87.1 Å². The molecule has 0 bridgehead atoms. The molecule has 0 aromatic heterocycles. The van der Waals surface area contributed by atoms with Crippen LogP contribution in [0.15, 0.2) is 59.0 Å². The normalized spacial score (nSPS) is 17.4. The van der Waals surface area contributed by atoms with Gasteiger partial charge in [0, 0.05) is 11.3 Å². The van der Waals surface area contributed by atoms with E-state index in [4.69, 9.17) is 0 Å². The fourth-order valence-corrected chi connectivity index (χ4v) is 7.14. The molecule has 2 aliphatic rings. The lowest BCUT2D eigenvalue weighted by Crippen LogP contribution is -2.41. The molecule has 2 nitrogen and oxygen atoms in total. The van der Waals surface area contributed by atoms with Gasteiger partial charge in [-0.05, 0) is 91.0 Å². The molecule has 0 radical (unpaired) electrons. The first-order valence-electron chi connectivity index (χ1n) is 12.5. The number of benzene rings is 2. The maximum absolute atomic E-state index is 13.9. The predicted octanol–water partition coefficient (Wildman–Crippen LogP) is 7.11. The summed E-state index contributed by atoms with van der Waals surface area (Å²) in [4.78, 5) is 15.0. The Morgan fingerprint density at radius 1 is 1.06 bits per heavy atom. The number of carbonyl (C=O) groups is 1. The molecule has 0 unspecified atom stereocenters. The average Bonchev–Trinajstić information content (AvgIpc) is 3.27. The van der Waals surface area contributed by atoms with Crippen LogP contribution in [0.5, 0.6) is 0 Å². The van der Waals surface area contributed by atoms with Crippen molar-refractivity contribution in [1.82, 2.24) is 4.72 Å². The van der Waals surface area contributed by atoms with E-state index in [-0.39, 0.29) is 17.7 Å². The van der Waals surface area contributed by atoms with Gasteiger partial charge in [0.1, 0.15) is 0 Å². The standard InChI is InChI=1S/C31H39NOS/c1-8-22(4)31(32-34(6,7)26-14-12-20(2)13-15-26)29(33)19-25-17-21(3)16-24-18-23(5)27-10-9-11-28(27)30(24)25/h12-17,22,31-32H,5-11,18-19H2,1-4H3/t22-,31+/m1/s1. The first kappa shape index (κ1) is 24.8. The summed E-state index contributed by atoms with van der Waals surface area (Å²) in [5, 5.41) is 0. The van der Waals surface area contributed by atoms with E-state index in [9.17, 15) is 4.79 Å². The van der Waals surface area contributed by atoms with Crippen molar-refractivity contribution in [3.05, 3.63) is 81.9 Å². The van der Waals surface area contributed by atoms with E-state index in [1.54, 1.807) is 0 Å². The summed E-state index contributed by atoms with van der Waals surface area (Å²) in [6.07, 6.45) is 5.68. The maximum atomic E-state index is 13.9. The third-order valence-corrected chi connectivity index (χ3v) is 9.43. The third-order valence-electron chi connectivity index (χ3n) is 7.55. The molecule has 1 N–H and O–H groups in total. The molecule has 0 saturated carbocycles. The van der Waals surface area contributed by atoms with Crippen LogP contribution in [0.3, 0.4) is 0 Å². The van der Waals surface area contributed by atoms with Crippen molar-refractivity contribution in [2.75, 3.05) is 0 Å². The van der Waals surface area contributed by atoms with Gasteiger partial charge in [-0.15, -0.1) is 9.39 Å². The minimum absolute atomic E-state index is 0.204. The molecular weight excluding hydrogens is 434 g/mol. The van der Waals surface area contributed by atoms with Crippen molar-refractivity contribution >= 4 is 32.5 Å². The van der Waals surface area contributed by atoms with Crippen LogP contribution in [0.2, 0.25) is 0 Å². The summed E-state index contributed by atoms with van der Waals surface area (Å²) in [6, 6.07) is 12.6. The number of fused-ring (bicyclic) bond motifs is 2. The predicted molar refractivity (Wildman–Crippen MR) is 151 cm³/mol. The molecule has 0 fully saturated rings. The maximum Gasteiger partial charge on any atom is 0.155 e. The topological polar surface area (TPSA) is 29.1 Å². The van der Waals surface area contributed by atoms with Crippen LogP contribution >= 0.6 is 9.39 Å². The Labute approximate surface area is 206 Å². The molecule has 0 saturated heterocycles. The van der Waals surface area contributed by atoms with Crippen molar-refractivity contribution in [3.8, 4) is 0 Å². The molecule has 2 aliphatic carbocycles. The highest BCUT2D eigenvalue weighted by Crippen LogP contribution is 2.45. The van der Waals surface area contributed by atoms with E-state index in [0.29, 0.717) is 6.42 Å². The van der Waals surface area contributed by atoms with Crippen LogP contribution in [0.1, 0.15) is 67.3 Å². The monoisotopic (exact) mass is 473 g/mol. The zero-order valence-electron chi connectivity index (χ0n) is 21.3. The molecule has 34 heavy (non-hydrogen) atoms. The number of nitrogens with one attached hydrogen (secondary N) is 1. The van der Waals surface area contributed by atoms with Gasteiger partial charge in [-0.3, -0.25) is 9.52 Å². The van der Waals surface area contributed by atoms with Crippen LogP contribution in [-0.2, 0) is 17.6 Å². The lowest BCUT2D eigenvalue weighted by molar-refractivity contribution is -0.121. The van der Waals surface area contributed by atoms with Crippen LogP contribution in [0.25, 0.3) is 5.57 Å². The number of hydrogen-bond donors (Lipinski definition) is 1. The number of rotatable bonds is 8. The van der Waals surface area contributed by atoms with Crippen molar-refractivity contribution in [1.29, 1.82) is 0 Å². The second-order valence-electron chi connectivity index (χ2n) is 10.4. The number of allylic oxidation sites excluding steroid dienone is 3. The average molecular weight is 474 g/mol. The molecule has 180 valence electrons. The van der Waals surface area contributed by atoms with Gasteiger partial charge < -0.3 is 0 Å². The molecule has 0 spiro atoms. The van der Waals surface area contributed by atoms with Gasteiger partial charge in [-0.2, -0.15) is 0 Å². The molecule has 0 aliphatic heterocycles. The Hall–Kier alpha value is -2.36. The van der Waals surface area contributed by atoms with E-state index in [0.717, 1.165) is 30.6 Å². The van der Waals surface area contributed by atoms with Gasteiger partial charge >= 0.3 is 0 Å². The summed E-state index contributed by atoms with van der Waals surface area (Å²) >= 11 is 0. The van der Waals surface area contributed by atoms with Crippen molar-refractivity contribution < 1.29 is 4.79 Å². The van der Waals surface area contributed by atoms with E-state index >= 15 is 0 Å². The van der Waals surface area contributed by atoms with Crippen molar-refractivity contribution in [2.45, 2.75) is 77.2 Å². The Kier molecular flexibility index (Phi) is 7.07. The highest BCUT2D eigenvalue weighted by molar-refractivity contribution is 8.26. The fraction of sp³-hybridized carbons (Fsp3) is 0.387. The number of aryl methyl sites for hydroxylation is 2. The molecule has 2 aromatic carbocycles. The van der Waals surface area contributed by atoms with Crippen molar-refractivity contribution in [2.24, 2.45) is 5.92 Å². The lowest BCUT2D eigenvalue weighted by Gasteiger charge is -2.30. The van der Waals surface area contributed by atoms with Gasteiger partial charge in [-0.1, -0.05) is 74.0 Å². The van der Waals surface area contributed by atoms with Crippen LogP contribution in [-0.4, -0.2) is 23.6 Å². The van der Waals surface area contributed by atoms with Gasteiger partial charge in [-0.25, -0.2) is 0 Å². The first-order chi connectivity index (χ1) is 16.1. The quantitative estimate of drug-likeness (QED) is 0.414. The first-order valence-corrected chi connectivity index (χ1v) is 14.5. The summed E-state index contributed by atoms with van der Waals surface area (Å²) < 4.78 is 3.63. The zero-order valence-corrected chi connectivity index (χ0v) is 22.1. The Morgan fingerprint density at radius 3 is 2.41 bits per heavy atom. The van der Waals surface area contributed by atoms with Crippen molar-refractivity contribution in [3.63, 3.8) is 0 Å². The number of ketones is 1. The summed E-state index contributed by atoms with van der Waals surface area (Å²) in [6.45, 7) is 12.9. The van der Waals surface area contributed by atoms with Gasteiger partial charge in [0.15, 0.2) is 5.78 Å². The molecule has 2 atom stereocenters. The smallest absolute Gasteiger partial charge is 0.155 e. The van der Waals surface area contributed by atoms with Crippen LogP contribution in [0.4, 0.5) is 0 Å². The second-order valence-corrected chi connectivity index (χ2v) is 12.8. The Bertz CT molecular complexity index is 1260. The number of Topliss-reactive ketones (excluding diaryl/α,β-unsaturated/α-hetero) is 1. The molecule has 0 heterocycles. The highest BCUT2D eigenvalue weighted by atomic mass is 32.2. The number of hydrogen-bond acceptors (Lipinski definition) is 2. The van der Waals surface area contributed by atoms with Gasteiger partial charge in [0.25, 0.3) is 0 Å². The van der Waals surface area contributed by atoms with Crippen LogP contribution < -0.4 is 4.72 Å². The van der Waals surface area contributed by atoms with Crippen LogP contribution in [0, 0.1) is 19.8 Å². The fourth-order valence-electron chi connectivity index (χ4n) is 5.50. The molecule has 2 aromatic rings. The molecule has 0 amide bonds. The van der Waals surface area contributed by atoms with E-state index < -0.39 is 9.39 Å². The summed E-state index contributed by atoms with van der Waals surface area (Å²) in [5.41, 5.74) is 10.4. The lowest BCUT2D eigenvalue weighted by atomic mass is 9.79. The SMILES string of the molecule is C=C1Cc2cc(C)cc(CC(=O)[C@@H](NS(=C)(=C)c3ccc(C)cc3)[C@H](C)CC)c2C2=C1CCC2. The molecule has 4 rings (SSSR count). The Balaban J connectivity index is 1.67. The van der Waals surface area contributed by atoms with E-state index in [1.165, 1.54) is 51.0 Å². The minimum Gasteiger partial charge on any atom is -0.298 e. The van der Waals surface area contributed by atoms with Gasteiger partial charge in [0.2, 0.25) is 0 Å². The highest BCUT2D eigenvalue weighted by Gasteiger charge is 2.30. The Morgan fingerprint density at radius 2 is 1.74 bits per heavy atom. The second kappa shape index (κ2) is 9.71. The third kappa shape index (κ3) is 4.87. The van der Waals surface area contributed by atoms with Gasteiger partial charge in [0.05, 0.1) is 6.04 Å². The molecular formula is C31H39NOS. The number of carbonyl (C=O) groups excluding carboxylic acids is 1. The summed E-state index contributed by atoms with van der Waals surface area (Å²) in [7, 11) is -1.81. The minimum atomic E-state index is -1.81. The molecule has 3 heteroatoms. The largest absolute Gasteiger partial charge is 0.298 e. The van der Waals surface area contributed by atoms with E-state index in [1.807, 2.05) is 0 Å². The summed E-state index contributed by atoms with van der Waals surface area (Å²) in [5.74, 6) is 9.33. The zero-order chi connectivity index (χ0) is 24.6.